The van der Waals surface area contributed by atoms with Crippen molar-refractivity contribution >= 4 is 11.9 Å². The third kappa shape index (κ3) is 5.22. The maximum absolute atomic E-state index is 11.3. The van der Waals surface area contributed by atoms with Crippen LogP contribution in [-0.2, 0) is 4.74 Å². The van der Waals surface area contributed by atoms with E-state index < -0.39 is 6.09 Å². The molecule has 2 fully saturated rings. The van der Waals surface area contributed by atoms with Gasteiger partial charge < -0.3 is 15.2 Å². The first-order valence-corrected chi connectivity index (χ1v) is 9.98. The Labute approximate surface area is 161 Å². The van der Waals surface area contributed by atoms with E-state index in [1.165, 1.54) is 12.8 Å². The number of benzene rings is 1. The Morgan fingerprint density at radius 2 is 1.89 bits per heavy atom. The average Bonchev–Trinajstić information content (AvgIpc) is 2.66. The summed E-state index contributed by atoms with van der Waals surface area (Å²) in [5.74, 6) is 1.26. The lowest BCUT2D eigenvalue weighted by Gasteiger charge is -2.47. The largest absolute Gasteiger partial charge is 0.494 e. The quantitative estimate of drug-likeness (QED) is 0.584. The van der Waals surface area contributed by atoms with Gasteiger partial charge >= 0.3 is 6.09 Å². The van der Waals surface area contributed by atoms with Crippen LogP contribution in [0.3, 0.4) is 0 Å². The number of ketones is 1. The minimum atomic E-state index is -0.651. The van der Waals surface area contributed by atoms with Crippen molar-refractivity contribution in [3.8, 4) is 5.75 Å². The van der Waals surface area contributed by atoms with Crippen molar-refractivity contribution < 1.29 is 19.1 Å². The maximum atomic E-state index is 11.3. The average molecular weight is 374 g/mol. The number of fused-ring (bicyclic) bond motifs is 1. The van der Waals surface area contributed by atoms with Crippen LogP contribution in [0.25, 0.3) is 0 Å². The number of carbonyl (C=O) groups is 2. The fourth-order valence-corrected chi connectivity index (χ4v) is 4.52. The molecular weight excluding hydrogens is 344 g/mol. The van der Waals surface area contributed by atoms with Crippen molar-refractivity contribution in [2.45, 2.75) is 57.6 Å². The Morgan fingerprint density at radius 3 is 2.59 bits per heavy atom. The molecule has 6 nitrogen and oxygen atoms in total. The Bertz CT molecular complexity index is 646. The van der Waals surface area contributed by atoms with E-state index in [-0.39, 0.29) is 11.9 Å². The second-order valence-electron chi connectivity index (χ2n) is 7.60. The minimum absolute atomic E-state index is 0.0277. The number of nitrogens with two attached hydrogens (primary N) is 1. The molecular formula is C21H30N2O4. The molecule has 3 unspecified atom stereocenters. The normalized spacial score (nSPS) is 25.4. The van der Waals surface area contributed by atoms with Crippen LogP contribution in [0, 0.1) is 5.92 Å². The van der Waals surface area contributed by atoms with E-state index >= 15 is 0 Å². The zero-order valence-electron chi connectivity index (χ0n) is 16.1. The molecule has 1 saturated carbocycles. The summed E-state index contributed by atoms with van der Waals surface area (Å²) in [5, 5.41) is 0. The molecule has 0 radical (unpaired) electrons. The molecule has 2 N–H and O–H groups in total. The minimum Gasteiger partial charge on any atom is -0.494 e. The fraction of sp³-hybridized carbons (Fsp3) is 0.619. The highest BCUT2D eigenvalue weighted by Crippen LogP contribution is 2.37. The van der Waals surface area contributed by atoms with Crippen molar-refractivity contribution in [2.24, 2.45) is 11.7 Å². The van der Waals surface area contributed by atoms with Gasteiger partial charge in [0, 0.05) is 30.6 Å². The van der Waals surface area contributed by atoms with Gasteiger partial charge in [0.2, 0.25) is 0 Å². The summed E-state index contributed by atoms with van der Waals surface area (Å²) in [5.41, 5.74) is 5.95. The van der Waals surface area contributed by atoms with Gasteiger partial charge in [-0.2, -0.15) is 0 Å². The predicted molar refractivity (Wildman–Crippen MR) is 103 cm³/mol. The van der Waals surface area contributed by atoms with E-state index in [0.29, 0.717) is 24.1 Å². The number of carbonyl (C=O) groups excluding carboxylic acids is 2. The van der Waals surface area contributed by atoms with Crippen LogP contribution in [0.5, 0.6) is 5.75 Å². The topological polar surface area (TPSA) is 81.9 Å². The molecule has 1 aliphatic heterocycles. The van der Waals surface area contributed by atoms with Gasteiger partial charge in [-0.15, -0.1) is 0 Å². The predicted octanol–water partition coefficient (Wildman–Crippen LogP) is 3.39. The third-order valence-electron chi connectivity index (χ3n) is 5.82. The summed E-state index contributed by atoms with van der Waals surface area (Å²) < 4.78 is 11.2. The molecule has 1 saturated heterocycles. The van der Waals surface area contributed by atoms with Crippen LogP contribution in [0.2, 0.25) is 0 Å². The summed E-state index contributed by atoms with van der Waals surface area (Å²) in [7, 11) is 0. The first-order chi connectivity index (χ1) is 13.0. The summed E-state index contributed by atoms with van der Waals surface area (Å²) in [6.45, 7) is 4.13. The molecule has 3 atom stereocenters. The molecule has 0 aromatic heterocycles. The van der Waals surface area contributed by atoms with Gasteiger partial charge in [0.15, 0.2) is 5.78 Å². The Hall–Kier alpha value is -2.08. The first-order valence-electron chi connectivity index (χ1n) is 9.98. The van der Waals surface area contributed by atoms with Crippen LogP contribution in [0.1, 0.15) is 55.8 Å². The van der Waals surface area contributed by atoms with Gasteiger partial charge in [0.25, 0.3) is 0 Å². The molecule has 2 aliphatic rings. The fourth-order valence-electron chi connectivity index (χ4n) is 4.52. The summed E-state index contributed by atoms with van der Waals surface area (Å²) in [6, 6.07) is 7.77. The summed E-state index contributed by atoms with van der Waals surface area (Å²) in [6.07, 6.45) is 5.83. The van der Waals surface area contributed by atoms with E-state index in [9.17, 15) is 9.59 Å². The van der Waals surface area contributed by atoms with E-state index in [2.05, 4.69) is 4.90 Å². The zero-order valence-corrected chi connectivity index (χ0v) is 16.1. The number of nitrogens with zero attached hydrogens (tertiary/aromatic N) is 1. The number of Topliss-reactive ketones (excluding diaryl/α,β-unsaturated/α-hetero) is 1. The van der Waals surface area contributed by atoms with Crippen molar-refractivity contribution in [3.05, 3.63) is 29.8 Å². The molecule has 1 heterocycles. The van der Waals surface area contributed by atoms with Crippen LogP contribution in [0.4, 0.5) is 4.79 Å². The summed E-state index contributed by atoms with van der Waals surface area (Å²) >= 11 is 0. The smallest absolute Gasteiger partial charge is 0.404 e. The highest BCUT2D eigenvalue weighted by molar-refractivity contribution is 5.94. The van der Waals surface area contributed by atoms with Gasteiger partial charge in [-0.25, -0.2) is 4.79 Å². The molecule has 1 amide bonds. The van der Waals surface area contributed by atoms with Gasteiger partial charge in [-0.1, -0.05) is 12.8 Å². The third-order valence-corrected chi connectivity index (χ3v) is 5.82. The molecule has 6 heteroatoms. The zero-order chi connectivity index (χ0) is 19.2. The molecule has 0 bridgehead atoms. The van der Waals surface area contributed by atoms with Crippen molar-refractivity contribution in [1.82, 2.24) is 4.90 Å². The van der Waals surface area contributed by atoms with Crippen molar-refractivity contribution in [2.75, 3.05) is 19.7 Å². The number of hydrogen-bond donors (Lipinski definition) is 1. The van der Waals surface area contributed by atoms with Gasteiger partial charge in [0.1, 0.15) is 11.9 Å². The molecule has 3 rings (SSSR count). The Balaban J connectivity index is 1.46. The van der Waals surface area contributed by atoms with Gasteiger partial charge in [0.05, 0.1) is 6.61 Å². The SMILES string of the molecule is CC(=O)c1ccc(OCCCN2CCC(OC(N)=O)C3CCCCC32)cc1. The lowest BCUT2D eigenvalue weighted by molar-refractivity contribution is -0.0423. The van der Waals surface area contributed by atoms with E-state index in [0.717, 1.165) is 44.5 Å². The Morgan fingerprint density at radius 1 is 1.15 bits per heavy atom. The molecule has 1 aliphatic carbocycles. The second kappa shape index (κ2) is 9.22. The van der Waals surface area contributed by atoms with E-state index in [4.69, 9.17) is 15.2 Å². The molecule has 1 aromatic rings. The number of piperidine rings is 1. The molecule has 0 spiro atoms. The monoisotopic (exact) mass is 374 g/mol. The standard InChI is InChI=1S/C21H30N2O4/c1-15(24)16-7-9-17(10-8-16)26-14-4-12-23-13-11-20(27-21(22)25)18-5-2-3-6-19(18)23/h7-10,18-20H,2-6,11-14H2,1H3,(H2,22,25). The number of likely N-dealkylation sites (tertiary alicyclic amines) is 1. The van der Waals surface area contributed by atoms with Gasteiger partial charge in [-0.05, 0) is 56.9 Å². The van der Waals surface area contributed by atoms with Crippen LogP contribution in [0.15, 0.2) is 24.3 Å². The van der Waals surface area contributed by atoms with E-state index in [1.807, 2.05) is 12.1 Å². The van der Waals surface area contributed by atoms with Crippen LogP contribution < -0.4 is 10.5 Å². The lowest BCUT2D eigenvalue weighted by Crippen LogP contribution is -2.54. The summed E-state index contributed by atoms with van der Waals surface area (Å²) in [4.78, 5) is 25.0. The highest BCUT2D eigenvalue weighted by atomic mass is 16.6. The van der Waals surface area contributed by atoms with Crippen LogP contribution in [-0.4, -0.2) is 48.6 Å². The lowest BCUT2D eigenvalue weighted by atomic mass is 9.76. The molecule has 27 heavy (non-hydrogen) atoms. The number of amides is 1. The Kier molecular flexibility index (Phi) is 6.72. The molecule has 148 valence electrons. The number of ether oxygens (including phenoxy) is 2. The van der Waals surface area contributed by atoms with Gasteiger partial charge in [-0.3, -0.25) is 9.69 Å². The maximum Gasteiger partial charge on any atom is 0.404 e. The first kappa shape index (κ1) is 19.7. The highest BCUT2D eigenvalue weighted by Gasteiger charge is 2.40. The number of hydrogen-bond acceptors (Lipinski definition) is 5. The van der Waals surface area contributed by atoms with Crippen molar-refractivity contribution in [1.29, 1.82) is 0 Å². The van der Waals surface area contributed by atoms with E-state index in [1.54, 1.807) is 19.1 Å². The second-order valence-corrected chi connectivity index (χ2v) is 7.60. The van der Waals surface area contributed by atoms with Crippen molar-refractivity contribution in [3.63, 3.8) is 0 Å². The molecule has 1 aromatic carbocycles. The number of primary amides is 1. The number of rotatable bonds is 7. The van der Waals surface area contributed by atoms with Crippen LogP contribution >= 0.6 is 0 Å².